The highest BCUT2D eigenvalue weighted by atomic mass is 19.4. The first-order valence-electron chi connectivity index (χ1n) is 4.99. The summed E-state index contributed by atoms with van der Waals surface area (Å²) in [5.74, 6) is 0. The Morgan fingerprint density at radius 2 is 2.00 bits per heavy atom. The van der Waals surface area contributed by atoms with Crippen molar-refractivity contribution in [3.63, 3.8) is 0 Å². The molecular weight excluding hydrogens is 217 g/mol. The summed E-state index contributed by atoms with van der Waals surface area (Å²) in [6, 6.07) is 7.22. The van der Waals surface area contributed by atoms with Crippen LogP contribution in [0, 0.1) is 0 Å². The van der Waals surface area contributed by atoms with Crippen LogP contribution in [0.25, 0.3) is 0 Å². The Morgan fingerprint density at radius 3 is 2.56 bits per heavy atom. The van der Waals surface area contributed by atoms with Gasteiger partial charge in [0.25, 0.3) is 0 Å². The van der Waals surface area contributed by atoms with Gasteiger partial charge in [-0.2, -0.15) is 13.2 Å². The lowest BCUT2D eigenvalue weighted by Crippen LogP contribution is -2.24. The molecule has 0 aliphatic rings. The normalized spacial score (nSPS) is 11.6. The van der Waals surface area contributed by atoms with E-state index in [0.29, 0.717) is 6.54 Å². The van der Waals surface area contributed by atoms with Gasteiger partial charge in [0.15, 0.2) is 0 Å². The van der Waals surface area contributed by atoms with Crippen molar-refractivity contribution in [1.82, 2.24) is 0 Å². The lowest BCUT2D eigenvalue weighted by atomic mass is 10.2. The number of halogens is 3. The average Bonchev–Trinajstić information content (AvgIpc) is 2.25. The van der Waals surface area contributed by atoms with E-state index in [0.717, 1.165) is 11.3 Å². The van der Waals surface area contributed by atoms with E-state index in [4.69, 9.17) is 5.73 Å². The molecule has 0 heterocycles. The quantitative estimate of drug-likeness (QED) is 0.864. The number of nitrogens with two attached hydrogens (primary N) is 1. The second kappa shape index (κ2) is 5.21. The van der Waals surface area contributed by atoms with Gasteiger partial charge in [0.05, 0.1) is 6.42 Å². The number of hydrogen-bond acceptors (Lipinski definition) is 2. The van der Waals surface area contributed by atoms with Gasteiger partial charge in [0.2, 0.25) is 0 Å². The zero-order valence-corrected chi connectivity index (χ0v) is 9.09. The number of nitrogens with zero attached hydrogens (tertiary/aromatic N) is 1. The zero-order chi connectivity index (χ0) is 12.2. The molecule has 0 bridgehead atoms. The summed E-state index contributed by atoms with van der Waals surface area (Å²) in [5, 5.41) is 0. The van der Waals surface area contributed by atoms with Gasteiger partial charge in [-0.25, -0.2) is 0 Å². The maximum atomic E-state index is 12.0. The lowest BCUT2D eigenvalue weighted by molar-refractivity contribution is -0.132. The molecule has 0 spiro atoms. The minimum absolute atomic E-state index is 0.0441. The van der Waals surface area contributed by atoms with Crippen molar-refractivity contribution >= 4 is 5.69 Å². The van der Waals surface area contributed by atoms with Crippen LogP contribution in [0.4, 0.5) is 18.9 Å². The van der Waals surface area contributed by atoms with Crippen LogP contribution in [0.5, 0.6) is 0 Å². The predicted octanol–water partition coefficient (Wildman–Crippen LogP) is 2.53. The van der Waals surface area contributed by atoms with E-state index < -0.39 is 12.6 Å². The van der Waals surface area contributed by atoms with Crippen LogP contribution in [-0.2, 0) is 6.54 Å². The molecule has 0 saturated heterocycles. The van der Waals surface area contributed by atoms with E-state index in [9.17, 15) is 13.2 Å². The predicted molar refractivity (Wildman–Crippen MR) is 58.3 cm³/mol. The van der Waals surface area contributed by atoms with E-state index in [1.165, 1.54) is 0 Å². The Hall–Kier alpha value is -1.23. The largest absolute Gasteiger partial charge is 0.390 e. The SMILES string of the molecule is CN(CCC(F)(F)F)c1cccc(CN)c1. The molecule has 0 radical (unpaired) electrons. The van der Waals surface area contributed by atoms with Gasteiger partial charge < -0.3 is 10.6 Å². The van der Waals surface area contributed by atoms with Gasteiger partial charge in [-0.3, -0.25) is 0 Å². The molecule has 5 heteroatoms. The Kier molecular flexibility index (Phi) is 4.18. The Morgan fingerprint density at radius 1 is 1.31 bits per heavy atom. The van der Waals surface area contributed by atoms with Gasteiger partial charge in [0.1, 0.15) is 0 Å². The highest BCUT2D eigenvalue weighted by molar-refractivity contribution is 5.47. The molecule has 0 fully saturated rings. The van der Waals surface area contributed by atoms with Crippen molar-refractivity contribution in [2.45, 2.75) is 19.1 Å². The van der Waals surface area contributed by atoms with Crippen LogP contribution >= 0.6 is 0 Å². The topological polar surface area (TPSA) is 29.3 Å². The van der Waals surface area contributed by atoms with Crippen LogP contribution in [-0.4, -0.2) is 19.8 Å². The molecular formula is C11H15F3N2. The fraction of sp³-hybridized carbons (Fsp3) is 0.455. The van der Waals surface area contributed by atoms with E-state index in [-0.39, 0.29) is 6.54 Å². The van der Waals surface area contributed by atoms with E-state index in [1.807, 2.05) is 6.07 Å². The summed E-state index contributed by atoms with van der Waals surface area (Å²) in [6.07, 6.45) is -4.92. The summed E-state index contributed by atoms with van der Waals surface area (Å²) >= 11 is 0. The summed E-state index contributed by atoms with van der Waals surface area (Å²) in [7, 11) is 1.64. The molecule has 0 amide bonds. The van der Waals surface area contributed by atoms with Crippen LogP contribution in [0.1, 0.15) is 12.0 Å². The van der Waals surface area contributed by atoms with Gasteiger partial charge in [-0.05, 0) is 17.7 Å². The summed E-state index contributed by atoms with van der Waals surface area (Å²) in [4.78, 5) is 1.58. The van der Waals surface area contributed by atoms with E-state index in [2.05, 4.69) is 0 Å². The molecule has 16 heavy (non-hydrogen) atoms. The zero-order valence-electron chi connectivity index (χ0n) is 9.09. The molecule has 1 rings (SSSR count). The van der Waals surface area contributed by atoms with Crippen LogP contribution in [0.15, 0.2) is 24.3 Å². The first-order chi connectivity index (χ1) is 7.42. The van der Waals surface area contributed by atoms with Crippen molar-refractivity contribution < 1.29 is 13.2 Å². The summed E-state index contributed by atoms with van der Waals surface area (Å²) < 4.78 is 36.1. The molecule has 0 aromatic heterocycles. The van der Waals surface area contributed by atoms with Gasteiger partial charge in [-0.1, -0.05) is 12.1 Å². The van der Waals surface area contributed by atoms with Crippen LogP contribution < -0.4 is 10.6 Å². The molecule has 1 aromatic carbocycles. The monoisotopic (exact) mass is 232 g/mol. The molecule has 1 aromatic rings. The number of alkyl halides is 3. The molecule has 0 aliphatic carbocycles. The van der Waals surface area contributed by atoms with E-state index in [1.54, 1.807) is 30.1 Å². The van der Waals surface area contributed by atoms with Crippen molar-refractivity contribution in [1.29, 1.82) is 0 Å². The maximum absolute atomic E-state index is 12.0. The van der Waals surface area contributed by atoms with Gasteiger partial charge in [0, 0.05) is 25.8 Å². The molecule has 0 saturated carbocycles. The number of anilines is 1. The van der Waals surface area contributed by atoms with Crippen LogP contribution in [0.2, 0.25) is 0 Å². The molecule has 0 aliphatic heterocycles. The third kappa shape index (κ3) is 4.10. The molecule has 0 unspecified atom stereocenters. The summed E-state index contributed by atoms with van der Waals surface area (Å²) in [6.45, 7) is 0.346. The minimum atomic E-state index is -4.11. The maximum Gasteiger partial charge on any atom is 0.390 e. The first-order valence-corrected chi connectivity index (χ1v) is 4.99. The molecule has 2 N–H and O–H groups in total. The second-order valence-electron chi connectivity index (χ2n) is 3.66. The van der Waals surface area contributed by atoms with Crippen molar-refractivity contribution in [2.24, 2.45) is 5.73 Å². The lowest BCUT2D eigenvalue weighted by Gasteiger charge is -2.20. The highest BCUT2D eigenvalue weighted by Crippen LogP contribution is 2.22. The molecule has 90 valence electrons. The van der Waals surface area contributed by atoms with E-state index >= 15 is 0 Å². The number of benzene rings is 1. The number of hydrogen-bond donors (Lipinski definition) is 1. The van der Waals surface area contributed by atoms with Crippen molar-refractivity contribution in [3.05, 3.63) is 29.8 Å². The van der Waals surface area contributed by atoms with Crippen molar-refractivity contribution in [2.75, 3.05) is 18.5 Å². The average molecular weight is 232 g/mol. The van der Waals surface area contributed by atoms with Gasteiger partial charge >= 0.3 is 6.18 Å². The fourth-order valence-corrected chi connectivity index (χ4v) is 1.34. The Balaban J connectivity index is 2.62. The Bertz CT molecular complexity index is 336. The number of rotatable bonds is 4. The smallest absolute Gasteiger partial charge is 0.374 e. The second-order valence-corrected chi connectivity index (χ2v) is 3.66. The Labute approximate surface area is 92.9 Å². The standard InChI is InChI=1S/C11H15F3N2/c1-16(6-5-11(12,13)14)10-4-2-3-9(7-10)8-15/h2-4,7H,5-6,8,15H2,1H3. The first kappa shape index (κ1) is 12.8. The van der Waals surface area contributed by atoms with Gasteiger partial charge in [-0.15, -0.1) is 0 Å². The molecule has 2 nitrogen and oxygen atoms in total. The minimum Gasteiger partial charge on any atom is -0.374 e. The molecule has 0 atom stereocenters. The fourth-order valence-electron chi connectivity index (χ4n) is 1.34. The summed E-state index contributed by atoms with van der Waals surface area (Å²) in [5.41, 5.74) is 7.13. The third-order valence-corrected chi connectivity index (χ3v) is 2.32. The highest BCUT2D eigenvalue weighted by Gasteiger charge is 2.27. The van der Waals surface area contributed by atoms with Crippen molar-refractivity contribution in [3.8, 4) is 0 Å². The third-order valence-electron chi connectivity index (χ3n) is 2.32. The van der Waals surface area contributed by atoms with Crippen LogP contribution in [0.3, 0.4) is 0 Å².